The summed E-state index contributed by atoms with van der Waals surface area (Å²) in [6.07, 6.45) is 1.77. The highest BCUT2D eigenvalue weighted by Gasteiger charge is 2.35. The molecule has 49 heavy (non-hydrogen) atoms. The summed E-state index contributed by atoms with van der Waals surface area (Å²) in [6.45, 7) is 2.17. The number of thiazole rings is 1. The molecule has 2 heterocycles. The minimum atomic E-state index is -0.808. The molecule has 5 aromatic rings. The highest BCUT2D eigenvalue weighted by atomic mass is 79.9. The number of benzene rings is 4. The zero-order chi connectivity index (χ0) is 34.5. The van der Waals surface area contributed by atoms with Crippen LogP contribution in [0.25, 0.3) is 11.8 Å². The standard InChI is InChI=1S/C38H30BrN3O6S/c1-4-47-37(44)32-33(26-8-6-5-7-9-26)41-38-42(34(32)27-14-16-28(45-2)17-15-27)36(43)31(49-38)20-25-18-29(39)35(30(19-25)46-3)48-22-24-12-10-23(21-40)11-13-24/h5-20,34H,4,22H2,1-3H3/b31-20-/t34-/m1/s1. The Labute approximate surface area is 294 Å². The van der Waals surface area contributed by atoms with E-state index in [-0.39, 0.29) is 24.3 Å². The molecule has 1 aliphatic rings. The van der Waals surface area contributed by atoms with Gasteiger partial charge in [-0.15, -0.1) is 0 Å². The number of rotatable bonds is 10. The van der Waals surface area contributed by atoms with Gasteiger partial charge in [0.25, 0.3) is 5.56 Å². The molecule has 6 rings (SSSR count). The molecular formula is C38H30BrN3O6S. The minimum Gasteiger partial charge on any atom is -0.497 e. The van der Waals surface area contributed by atoms with Crippen LogP contribution in [0.15, 0.2) is 111 Å². The van der Waals surface area contributed by atoms with E-state index in [0.29, 0.717) is 53.4 Å². The Balaban J connectivity index is 1.47. The Hall–Kier alpha value is -5.44. The van der Waals surface area contributed by atoms with Crippen molar-refractivity contribution in [3.8, 4) is 23.3 Å². The Kier molecular flexibility index (Phi) is 10.1. The summed E-state index contributed by atoms with van der Waals surface area (Å²) in [5.74, 6) is 1.06. The third kappa shape index (κ3) is 6.92. The van der Waals surface area contributed by atoms with Gasteiger partial charge < -0.3 is 18.9 Å². The number of fused-ring (bicyclic) bond motifs is 1. The van der Waals surface area contributed by atoms with Crippen molar-refractivity contribution in [2.75, 3.05) is 20.8 Å². The maximum absolute atomic E-state index is 14.3. The molecular weight excluding hydrogens is 706 g/mol. The Bertz CT molecular complexity index is 2270. The summed E-state index contributed by atoms with van der Waals surface area (Å²) in [5, 5.41) is 9.08. The molecule has 246 valence electrons. The van der Waals surface area contributed by atoms with Gasteiger partial charge in [0.1, 0.15) is 12.4 Å². The monoisotopic (exact) mass is 735 g/mol. The highest BCUT2D eigenvalue weighted by molar-refractivity contribution is 9.10. The van der Waals surface area contributed by atoms with E-state index in [2.05, 4.69) is 22.0 Å². The molecule has 1 aromatic heterocycles. The first-order valence-corrected chi connectivity index (χ1v) is 16.9. The predicted molar refractivity (Wildman–Crippen MR) is 190 cm³/mol. The zero-order valence-corrected chi connectivity index (χ0v) is 29.2. The van der Waals surface area contributed by atoms with Gasteiger partial charge in [-0.2, -0.15) is 5.26 Å². The second-order valence-corrected chi connectivity index (χ2v) is 12.7. The SMILES string of the molecule is CCOC(=O)C1=C(c2ccccc2)N=c2s/c(=C\c3cc(Br)c(OCc4ccc(C#N)cc4)c(OC)c3)c(=O)n2[C@@H]1c1ccc(OC)cc1. The first kappa shape index (κ1) is 33.5. The number of carbonyl (C=O) groups is 1. The maximum Gasteiger partial charge on any atom is 0.338 e. The lowest BCUT2D eigenvalue weighted by atomic mass is 9.93. The molecule has 9 nitrogen and oxygen atoms in total. The molecule has 0 bridgehead atoms. The third-order valence-corrected chi connectivity index (χ3v) is 9.39. The van der Waals surface area contributed by atoms with Crippen LogP contribution in [-0.4, -0.2) is 31.4 Å². The number of nitrogens with zero attached hydrogens (tertiary/aromatic N) is 3. The summed E-state index contributed by atoms with van der Waals surface area (Å²) in [6, 6.07) is 28.8. The summed E-state index contributed by atoms with van der Waals surface area (Å²) in [4.78, 5) is 33.3. The highest BCUT2D eigenvalue weighted by Crippen LogP contribution is 2.38. The number of hydrogen-bond donors (Lipinski definition) is 0. The molecule has 0 spiro atoms. The predicted octanol–water partition coefficient (Wildman–Crippen LogP) is 6.17. The number of methoxy groups -OCH3 is 2. The average molecular weight is 737 g/mol. The van der Waals surface area contributed by atoms with Gasteiger partial charge in [0.05, 0.1) is 58.8 Å². The fraction of sp³-hybridized carbons (Fsp3) is 0.158. The van der Waals surface area contributed by atoms with Gasteiger partial charge in [-0.1, -0.05) is 65.9 Å². The summed E-state index contributed by atoms with van der Waals surface area (Å²) >= 11 is 4.84. The van der Waals surface area contributed by atoms with E-state index in [1.165, 1.54) is 11.3 Å². The van der Waals surface area contributed by atoms with E-state index in [1.54, 1.807) is 62.1 Å². The number of aromatic nitrogens is 1. The van der Waals surface area contributed by atoms with Crippen molar-refractivity contribution in [3.63, 3.8) is 0 Å². The van der Waals surface area contributed by atoms with Gasteiger partial charge >= 0.3 is 5.97 Å². The molecule has 4 aromatic carbocycles. The summed E-state index contributed by atoms with van der Waals surface area (Å²) in [5.41, 5.74) is 3.98. The van der Waals surface area contributed by atoms with E-state index in [4.69, 9.17) is 29.2 Å². The van der Waals surface area contributed by atoms with Crippen LogP contribution >= 0.6 is 27.3 Å². The minimum absolute atomic E-state index is 0.161. The van der Waals surface area contributed by atoms with Crippen molar-refractivity contribution in [3.05, 3.63) is 149 Å². The first-order chi connectivity index (χ1) is 23.8. The van der Waals surface area contributed by atoms with Crippen LogP contribution in [0.2, 0.25) is 0 Å². The third-order valence-electron chi connectivity index (χ3n) is 7.82. The second kappa shape index (κ2) is 14.8. The van der Waals surface area contributed by atoms with Crippen LogP contribution in [0.5, 0.6) is 17.2 Å². The van der Waals surface area contributed by atoms with Crippen LogP contribution < -0.4 is 29.1 Å². The number of halogens is 1. The average Bonchev–Trinajstić information content (AvgIpc) is 3.44. The number of carbonyl (C=O) groups excluding carboxylic acids is 1. The van der Waals surface area contributed by atoms with Crippen LogP contribution in [0.3, 0.4) is 0 Å². The number of nitriles is 1. The summed E-state index contributed by atoms with van der Waals surface area (Å²) in [7, 11) is 3.13. The number of ether oxygens (including phenoxy) is 4. The van der Waals surface area contributed by atoms with E-state index in [0.717, 1.165) is 11.1 Å². The van der Waals surface area contributed by atoms with Crippen LogP contribution in [0.4, 0.5) is 0 Å². The molecule has 0 radical (unpaired) electrons. The second-order valence-electron chi connectivity index (χ2n) is 10.8. The van der Waals surface area contributed by atoms with Gasteiger partial charge in [-0.05, 0) is 82.0 Å². The van der Waals surface area contributed by atoms with Crippen molar-refractivity contribution in [2.45, 2.75) is 19.6 Å². The molecule has 0 unspecified atom stereocenters. The number of esters is 1. The molecule has 0 aliphatic carbocycles. The molecule has 0 fully saturated rings. The Morgan fingerprint density at radius 3 is 2.41 bits per heavy atom. The molecule has 0 amide bonds. The Morgan fingerprint density at radius 1 is 1.02 bits per heavy atom. The van der Waals surface area contributed by atoms with Gasteiger partial charge in [0.2, 0.25) is 0 Å². The Morgan fingerprint density at radius 2 is 1.76 bits per heavy atom. The molecule has 11 heteroatoms. The number of hydrogen-bond acceptors (Lipinski definition) is 9. The van der Waals surface area contributed by atoms with Crippen molar-refractivity contribution >= 4 is 45.0 Å². The first-order valence-electron chi connectivity index (χ1n) is 15.3. The molecule has 0 saturated carbocycles. The largest absolute Gasteiger partial charge is 0.497 e. The summed E-state index contributed by atoms with van der Waals surface area (Å²) < 4.78 is 25.3. The maximum atomic E-state index is 14.3. The zero-order valence-electron chi connectivity index (χ0n) is 26.8. The van der Waals surface area contributed by atoms with Gasteiger partial charge in [-0.3, -0.25) is 9.36 Å². The molecule has 0 N–H and O–H groups in total. The van der Waals surface area contributed by atoms with Gasteiger partial charge in [0.15, 0.2) is 16.3 Å². The molecule has 1 aliphatic heterocycles. The fourth-order valence-electron chi connectivity index (χ4n) is 5.49. The van der Waals surface area contributed by atoms with E-state index in [9.17, 15) is 9.59 Å². The van der Waals surface area contributed by atoms with Crippen LogP contribution in [-0.2, 0) is 16.1 Å². The van der Waals surface area contributed by atoms with Gasteiger partial charge in [0, 0.05) is 5.56 Å². The van der Waals surface area contributed by atoms with E-state index < -0.39 is 12.0 Å². The normalized spacial score (nSPS) is 14.0. The lowest BCUT2D eigenvalue weighted by Crippen LogP contribution is -2.40. The molecule has 0 saturated heterocycles. The van der Waals surface area contributed by atoms with Crippen LogP contribution in [0.1, 0.15) is 40.8 Å². The van der Waals surface area contributed by atoms with E-state index in [1.807, 2.05) is 60.7 Å². The van der Waals surface area contributed by atoms with Crippen molar-refractivity contribution in [1.82, 2.24) is 4.57 Å². The van der Waals surface area contributed by atoms with Crippen LogP contribution in [0, 0.1) is 11.3 Å². The van der Waals surface area contributed by atoms with Crippen molar-refractivity contribution in [2.24, 2.45) is 4.99 Å². The van der Waals surface area contributed by atoms with E-state index >= 15 is 0 Å². The van der Waals surface area contributed by atoms with Crippen molar-refractivity contribution in [1.29, 1.82) is 5.26 Å². The topological polar surface area (TPSA) is 112 Å². The lowest BCUT2D eigenvalue weighted by molar-refractivity contribution is -0.138. The quantitative estimate of drug-likeness (QED) is 0.158. The lowest BCUT2D eigenvalue weighted by Gasteiger charge is -2.26. The van der Waals surface area contributed by atoms with Gasteiger partial charge in [-0.25, -0.2) is 9.79 Å². The molecule has 1 atom stereocenters. The van der Waals surface area contributed by atoms with Crippen molar-refractivity contribution < 1.29 is 23.7 Å². The smallest absolute Gasteiger partial charge is 0.338 e. The fourth-order valence-corrected chi connectivity index (χ4v) is 7.06.